The number of carbonyl (C=O) groups excluding carboxylic acids is 1. The molecule has 25 heavy (non-hydrogen) atoms. The van der Waals surface area contributed by atoms with E-state index in [4.69, 9.17) is 16.3 Å². The van der Waals surface area contributed by atoms with Gasteiger partial charge in [-0.05, 0) is 52.7 Å². The number of esters is 1. The monoisotopic (exact) mass is 364 g/mol. The Hall–Kier alpha value is -2.21. The highest BCUT2D eigenvalue weighted by atomic mass is 35.5. The lowest BCUT2D eigenvalue weighted by molar-refractivity contribution is -0.146. The smallest absolute Gasteiger partial charge is 0.316 e. The standard InChI is InChI=1S/C18H21ClN2O4/c1-17(2,3)16(24)25-13-7-12-11(14(19)21-9-20-12)6-10(13)8-18(4,5)15(22)23/h6-7,9H,8H2,1-5H3,(H,22,23). The summed E-state index contributed by atoms with van der Waals surface area (Å²) >= 11 is 6.12. The zero-order valence-electron chi connectivity index (χ0n) is 14.9. The average molecular weight is 365 g/mol. The molecular weight excluding hydrogens is 344 g/mol. The number of fused-ring (bicyclic) bond motifs is 1. The first kappa shape index (κ1) is 19.1. The van der Waals surface area contributed by atoms with Gasteiger partial charge in [0.1, 0.15) is 17.2 Å². The fourth-order valence-electron chi connectivity index (χ4n) is 2.14. The highest BCUT2D eigenvalue weighted by Crippen LogP contribution is 2.34. The molecule has 7 heteroatoms. The van der Waals surface area contributed by atoms with Crippen LogP contribution in [0.25, 0.3) is 10.9 Å². The van der Waals surface area contributed by atoms with Crippen LogP contribution in [0.2, 0.25) is 5.15 Å². The third-order valence-corrected chi connectivity index (χ3v) is 4.10. The van der Waals surface area contributed by atoms with Crippen molar-refractivity contribution in [3.63, 3.8) is 0 Å². The van der Waals surface area contributed by atoms with Gasteiger partial charge in [-0.15, -0.1) is 0 Å². The van der Waals surface area contributed by atoms with Crippen molar-refractivity contribution in [1.82, 2.24) is 9.97 Å². The van der Waals surface area contributed by atoms with Crippen LogP contribution < -0.4 is 4.74 Å². The number of carboxylic acid groups (broad SMARTS) is 1. The van der Waals surface area contributed by atoms with Gasteiger partial charge >= 0.3 is 11.9 Å². The highest BCUT2D eigenvalue weighted by molar-refractivity contribution is 6.34. The number of carboxylic acids is 1. The second-order valence-electron chi connectivity index (χ2n) is 7.65. The van der Waals surface area contributed by atoms with Crippen molar-refractivity contribution in [1.29, 1.82) is 0 Å². The summed E-state index contributed by atoms with van der Waals surface area (Å²) in [5, 5.41) is 10.3. The van der Waals surface area contributed by atoms with Crippen molar-refractivity contribution < 1.29 is 19.4 Å². The second-order valence-corrected chi connectivity index (χ2v) is 8.00. The van der Waals surface area contributed by atoms with Crippen molar-refractivity contribution in [2.75, 3.05) is 0 Å². The van der Waals surface area contributed by atoms with Crippen LogP contribution in [0.1, 0.15) is 40.2 Å². The summed E-state index contributed by atoms with van der Waals surface area (Å²) in [6.07, 6.45) is 1.48. The van der Waals surface area contributed by atoms with Crippen LogP contribution in [0.5, 0.6) is 5.75 Å². The number of hydrogen-bond acceptors (Lipinski definition) is 5. The Kier molecular flexibility index (Phi) is 5.04. The number of benzene rings is 1. The first-order valence-electron chi connectivity index (χ1n) is 7.80. The molecular formula is C18H21ClN2O4. The molecule has 0 saturated carbocycles. The SMILES string of the molecule is CC(C)(C)C(=O)Oc1cc2ncnc(Cl)c2cc1CC(C)(C)C(=O)O. The molecule has 0 aliphatic rings. The Labute approximate surface area is 151 Å². The van der Waals surface area contributed by atoms with Crippen LogP contribution in [0.15, 0.2) is 18.5 Å². The molecule has 6 nitrogen and oxygen atoms in total. The third-order valence-electron chi connectivity index (χ3n) is 3.80. The minimum Gasteiger partial charge on any atom is -0.481 e. The Morgan fingerprint density at radius 2 is 1.80 bits per heavy atom. The van der Waals surface area contributed by atoms with Crippen LogP contribution in [0, 0.1) is 10.8 Å². The Morgan fingerprint density at radius 3 is 2.36 bits per heavy atom. The summed E-state index contributed by atoms with van der Waals surface area (Å²) in [5.41, 5.74) is -0.654. The Bertz CT molecular complexity index is 841. The summed E-state index contributed by atoms with van der Waals surface area (Å²) < 4.78 is 5.55. The molecule has 0 unspecified atom stereocenters. The lowest BCUT2D eigenvalue weighted by Gasteiger charge is -2.23. The van der Waals surface area contributed by atoms with Gasteiger partial charge in [-0.3, -0.25) is 9.59 Å². The summed E-state index contributed by atoms with van der Waals surface area (Å²) in [5.74, 6) is -1.07. The number of hydrogen-bond donors (Lipinski definition) is 1. The number of rotatable bonds is 4. The molecule has 0 aliphatic carbocycles. The fraction of sp³-hybridized carbons (Fsp3) is 0.444. The van der Waals surface area contributed by atoms with Gasteiger partial charge in [-0.1, -0.05) is 11.6 Å². The maximum Gasteiger partial charge on any atom is 0.316 e. The molecule has 2 rings (SSSR count). The topological polar surface area (TPSA) is 89.4 Å². The molecule has 0 radical (unpaired) electrons. The van der Waals surface area contributed by atoms with Crippen LogP contribution in [0.3, 0.4) is 0 Å². The maximum absolute atomic E-state index is 12.3. The van der Waals surface area contributed by atoms with Gasteiger partial charge in [0.05, 0.1) is 16.3 Å². The molecule has 1 heterocycles. The first-order chi connectivity index (χ1) is 11.4. The van der Waals surface area contributed by atoms with Crippen LogP contribution in [0.4, 0.5) is 0 Å². The van der Waals surface area contributed by atoms with Crippen molar-refractivity contribution in [3.8, 4) is 5.75 Å². The first-order valence-corrected chi connectivity index (χ1v) is 8.18. The van der Waals surface area contributed by atoms with Gasteiger partial charge in [-0.25, -0.2) is 9.97 Å². The molecule has 0 spiro atoms. The van der Waals surface area contributed by atoms with Crippen molar-refractivity contribution in [2.24, 2.45) is 10.8 Å². The third kappa shape index (κ3) is 4.25. The minimum absolute atomic E-state index is 0.163. The van der Waals surface area contributed by atoms with Gasteiger partial charge in [0.25, 0.3) is 0 Å². The number of carbonyl (C=O) groups is 2. The van der Waals surface area contributed by atoms with Gasteiger partial charge in [-0.2, -0.15) is 0 Å². The van der Waals surface area contributed by atoms with E-state index in [1.54, 1.807) is 46.8 Å². The van der Waals surface area contributed by atoms with E-state index >= 15 is 0 Å². The minimum atomic E-state index is -1.04. The summed E-state index contributed by atoms with van der Waals surface area (Å²) in [6.45, 7) is 8.46. The number of aliphatic carboxylic acids is 1. The van der Waals surface area contributed by atoms with E-state index in [1.165, 1.54) is 6.33 Å². The highest BCUT2D eigenvalue weighted by Gasteiger charge is 2.31. The molecule has 0 atom stereocenters. The predicted octanol–water partition coefficient (Wildman–Crippen LogP) is 3.89. The van der Waals surface area contributed by atoms with E-state index in [0.717, 1.165) is 0 Å². The van der Waals surface area contributed by atoms with Crippen molar-refractivity contribution in [2.45, 2.75) is 41.0 Å². The molecule has 2 aromatic rings. The Balaban J connectivity index is 2.58. The predicted molar refractivity (Wildman–Crippen MR) is 94.8 cm³/mol. The molecule has 0 fully saturated rings. The number of nitrogens with zero attached hydrogens (tertiary/aromatic N) is 2. The van der Waals surface area contributed by atoms with E-state index in [1.807, 2.05) is 0 Å². The van der Waals surface area contributed by atoms with E-state index in [2.05, 4.69) is 9.97 Å². The Morgan fingerprint density at radius 1 is 1.16 bits per heavy atom. The van der Waals surface area contributed by atoms with E-state index < -0.39 is 22.8 Å². The largest absolute Gasteiger partial charge is 0.481 e. The van der Waals surface area contributed by atoms with E-state index in [0.29, 0.717) is 16.5 Å². The number of ether oxygens (including phenoxy) is 1. The van der Waals surface area contributed by atoms with Crippen LogP contribution in [-0.4, -0.2) is 27.0 Å². The van der Waals surface area contributed by atoms with Crippen molar-refractivity contribution in [3.05, 3.63) is 29.2 Å². The normalized spacial score (nSPS) is 12.2. The van der Waals surface area contributed by atoms with Gasteiger partial charge in [0, 0.05) is 11.5 Å². The lowest BCUT2D eigenvalue weighted by Crippen LogP contribution is -2.28. The van der Waals surface area contributed by atoms with E-state index in [-0.39, 0.29) is 17.3 Å². The average Bonchev–Trinajstić information content (AvgIpc) is 2.47. The summed E-state index contributed by atoms with van der Waals surface area (Å²) in [6, 6.07) is 3.29. The molecule has 0 saturated heterocycles. The second kappa shape index (κ2) is 6.59. The zero-order valence-corrected chi connectivity index (χ0v) is 15.6. The van der Waals surface area contributed by atoms with Gasteiger partial charge in [0.2, 0.25) is 0 Å². The van der Waals surface area contributed by atoms with Crippen LogP contribution >= 0.6 is 11.6 Å². The molecule has 0 amide bonds. The quantitative estimate of drug-likeness (QED) is 0.503. The summed E-state index contributed by atoms with van der Waals surface area (Å²) in [7, 11) is 0. The molecule has 134 valence electrons. The number of halogens is 1. The van der Waals surface area contributed by atoms with Crippen LogP contribution in [-0.2, 0) is 16.0 Å². The zero-order chi connectivity index (χ0) is 19.0. The summed E-state index contributed by atoms with van der Waals surface area (Å²) in [4.78, 5) is 31.9. The van der Waals surface area contributed by atoms with Gasteiger partial charge in [0.15, 0.2) is 0 Å². The lowest BCUT2D eigenvalue weighted by atomic mass is 9.85. The molecule has 0 aliphatic heterocycles. The molecule has 1 aromatic carbocycles. The van der Waals surface area contributed by atoms with Crippen molar-refractivity contribution >= 4 is 34.4 Å². The fourth-order valence-corrected chi connectivity index (χ4v) is 2.33. The van der Waals surface area contributed by atoms with Gasteiger partial charge < -0.3 is 9.84 Å². The molecule has 1 N–H and O–H groups in total. The maximum atomic E-state index is 12.3. The molecule has 0 bridgehead atoms. The molecule has 1 aromatic heterocycles. The number of aromatic nitrogens is 2. The van der Waals surface area contributed by atoms with E-state index in [9.17, 15) is 14.7 Å².